The van der Waals surface area contributed by atoms with Crippen molar-refractivity contribution in [2.24, 2.45) is 0 Å². The maximum atomic E-state index is 12.0. The van der Waals surface area contributed by atoms with Crippen LogP contribution in [0, 0.1) is 6.92 Å². The van der Waals surface area contributed by atoms with Crippen molar-refractivity contribution < 1.29 is 9.90 Å². The Bertz CT molecular complexity index is 740. The molecule has 20 heavy (non-hydrogen) atoms. The zero-order valence-corrected chi connectivity index (χ0v) is 11.4. The van der Waals surface area contributed by atoms with Gasteiger partial charge in [-0.3, -0.25) is 14.2 Å². The number of carboxylic acid groups (broad SMARTS) is 1. The Kier molecular flexibility index (Phi) is 3.76. The third kappa shape index (κ3) is 2.80. The van der Waals surface area contributed by atoms with E-state index in [1.54, 1.807) is 25.1 Å². The standard InChI is InChI=1S/C13H12ClN3O3/c1-7-16-11(5-12(18)17(7)6-13(19)20)9-4-8(14)2-3-10(9)15/h2-5H,6,15H2,1H3,(H,19,20). The van der Waals surface area contributed by atoms with Gasteiger partial charge >= 0.3 is 5.97 Å². The van der Waals surface area contributed by atoms with E-state index in [9.17, 15) is 9.59 Å². The van der Waals surface area contributed by atoms with Crippen LogP contribution in [0.15, 0.2) is 29.1 Å². The van der Waals surface area contributed by atoms with Gasteiger partial charge in [-0.2, -0.15) is 0 Å². The van der Waals surface area contributed by atoms with Gasteiger partial charge in [-0.1, -0.05) is 11.6 Å². The number of benzene rings is 1. The number of carbonyl (C=O) groups is 1. The molecule has 0 atom stereocenters. The van der Waals surface area contributed by atoms with Gasteiger partial charge < -0.3 is 10.8 Å². The molecule has 0 aliphatic carbocycles. The van der Waals surface area contributed by atoms with Crippen LogP contribution >= 0.6 is 11.6 Å². The first-order valence-electron chi connectivity index (χ1n) is 5.74. The Morgan fingerprint density at radius 1 is 1.45 bits per heavy atom. The molecule has 7 heteroatoms. The van der Waals surface area contributed by atoms with Crippen LogP contribution in [0.1, 0.15) is 5.82 Å². The minimum absolute atomic E-state index is 0.300. The molecule has 2 aromatic rings. The van der Waals surface area contributed by atoms with Gasteiger partial charge in [-0.25, -0.2) is 4.98 Å². The van der Waals surface area contributed by atoms with Crippen molar-refractivity contribution in [3.63, 3.8) is 0 Å². The number of carboxylic acids is 1. The molecule has 0 saturated carbocycles. The smallest absolute Gasteiger partial charge is 0.323 e. The molecule has 0 saturated heterocycles. The third-order valence-corrected chi connectivity index (χ3v) is 3.02. The number of hydrogen-bond acceptors (Lipinski definition) is 4. The van der Waals surface area contributed by atoms with Crippen molar-refractivity contribution in [1.82, 2.24) is 9.55 Å². The highest BCUT2D eigenvalue weighted by Crippen LogP contribution is 2.26. The van der Waals surface area contributed by atoms with Gasteiger partial charge in [0.15, 0.2) is 0 Å². The van der Waals surface area contributed by atoms with E-state index in [2.05, 4.69) is 4.98 Å². The highest BCUT2D eigenvalue weighted by molar-refractivity contribution is 6.31. The fraction of sp³-hybridized carbons (Fsp3) is 0.154. The first-order chi connectivity index (χ1) is 9.38. The second kappa shape index (κ2) is 5.34. The summed E-state index contributed by atoms with van der Waals surface area (Å²) in [5, 5.41) is 9.23. The zero-order chi connectivity index (χ0) is 14.9. The summed E-state index contributed by atoms with van der Waals surface area (Å²) in [4.78, 5) is 26.9. The number of aromatic nitrogens is 2. The van der Waals surface area contributed by atoms with Crippen LogP contribution in [0.2, 0.25) is 5.02 Å². The van der Waals surface area contributed by atoms with Crippen molar-refractivity contribution in [2.45, 2.75) is 13.5 Å². The highest BCUT2D eigenvalue weighted by atomic mass is 35.5. The van der Waals surface area contributed by atoms with Gasteiger partial charge in [0.2, 0.25) is 0 Å². The maximum absolute atomic E-state index is 12.0. The molecule has 104 valence electrons. The van der Waals surface area contributed by atoms with Crippen molar-refractivity contribution in [1.29, 1.82) is 0 Å². The average molecular weight is 294 g/mol. The molecule has 0 radical (unpaired) electrons. The molecular formula is C13H12ClN3O3. The number of rotatable bonds is 3. The topological polar surface area (TPSA) is 98.2 Å². The number of nitrogens with zero attached hydrogens (tertiary/aromatic N) is 2. The Hall–Kier alpha value is -2.34. The molecule has 0 unspecified atom stereocenters. The molecule has 0 bridgehead atoms. The second-order valence-electron chi connectivity index (χ2n) is 4.24. The van der Waals surface area contributed by atoms with Crippen LogP contribution in [0.25, 0.3) is 11.3 Å². The number of hydrogen-bond donors (Lipinski definition) is 2. The lowest BCUT2D eigenvalue weighted by atomic mass is 10.1. The largest absolute Gasteiger partial charge is 0.480 e. The van der Waals surface area contributed by atoms with Crippen LogP contribution in [-0.4, -0.2) is 20.6 Å². The summed E-state index contributed by atoms with van der Waals surface area (Å²) < 4.78 is 1.08. The normalized spacial score (nSPS) is 10.5. The SMILES string of the molecule is Cc1nc(-c2cc(Cl)ccc2N)cc(=O)n1CC(=O)O. The predicted molar refractivity (Wildman–Crippen MR) is 75.7 cm³/mol. The summed E-state index contributed by atoms with van der Waals surface area (Å²) in [5.74, 6) is -0.804. The van der Waals surface area contributed by atoms with Crippen LogP contribution in [0.4, 0.5) is 5.69 Å². The summed E-state index contributed by atoms with van der Waals surface area (Å²) in [6.45, 7) is 1.14. The van der Waals surface area contributed by atoms with Gasteiger partial charge in [0.25, 0.3) is 5.56 Å². The molecular weight excluding hydrogens is 282 g/mol. The lowest BCUT2D eigenvalue weighted by Crippen LogP contribution is -2.26. The van der Waals surface area contributed by atoms with E-state index >= 15 is 0 Å². The molecule has 6 nitrogen and oxygen atoms in total. The molecule has 1 aromatic carbocycles. The number of halogens is 1. The molecule has 1 heterocycles. The van der Waals surface area contributed by atoms with Gasteiger partial charge in [-0.05, 0) is 25.1 Å². The molecule has 3 N–H and O–H groups in total. The average Bonchev–Trinajstić information content (AvgIpc) is 2.36. The first kappa shape index (κ1) is 14.1. The Labute approximate surface area is 119 Å². The Balaban J connectivity index is 2.58. The van der Waals surface area contributed by atoms with E-state index in [1.807, 2.05) is 0 Å². The van der Waals surface area contributed by atoms with E-state index in [1.165, 1.54) is 6.07 Å². The fourth-order valence-corrected chi connectivity index (χ4v) is 2.01. The van der Waals surface area contributed by atoms with Crippen LogP contribution in [0.3, 0.4) is 0 Å². The summed E-state index contributed by atoms with van der Waals surface area (Å²) >= 11 is 5.90. The van der Waals surface area contributed by atoms with Crippen molar-refractivity contribution >= 4 is 23.3 Å². The summed E-state index contributed by atoms with van der Waals surface area (Å²) in [7, 11) is 0. The maximum Gasteiger partial charge on any atom is 0.323 e. The van der Waals surface area contributed by atoms with E-state index < -0.39 is 18.1 Å². The number of anilines is 1. The van der Waals surface area contributed by atoms with Crippen LogP contribution in [-0.2, 0) is 11.3 Å². The molecule has 2 rings (SSSR count). The van der Waals surface area contributed by atoms with Crippen LogP contribution in [0.5, 0.6) is 0 Å². The zero-order valence-electron chi connectivity index (χ0n) is 10.6. The quantitative estimate of drug-likeness (QED) is 0.836. The summed E-state index contributed by atoms with van der Waals surface area (Å²) in [6, 6.07) is 6.12. The molecule has 0 aliphatic rings. The Morgan fingerprint density at radius 3 is 2.75 bits per heavy atom. The van der Waals surface area contributed by atoms with E-state index in [4.69, 9.17) is 22.4 Å². The molecule has 0 aliphatic heterocycles. The van der Waals surface area contributed by atoms with Crippen molar-refractivity contribution in [2.75, 3.05) is 5.73 Å². The van der Waals surface area contributed by atoms with Crippen LogP contribution < -0.4 is 11.3 Å². The van der Waals surface area contributed by atoms with Gasteiger partial charge in [0.05, 0.1) is 5.69 Å². The minimum atomic E-state index is -1.10. The monoisotopic (exact) mass is 293 g/mol. The number of aryl methyl sites for hydroxylation is 1. The fourth-order valence-electron chi connectivity index (χ4n) is 1.84. The molecule has 0 fully saturated rings. The van der Waals surface area contributed by atoms with E-state index in [0.29, 0.717) is 27.8 Å². The molecule has 0 amide bonds. The second-order valence-corrected chi connectivity index (χ2v) is 4.67. The highest BCUT2D eigenvalue weighted by Gasteiger charge is 2.11. The third-order valence-electron chi connectivity index (χ3n) is 2.78. The van der Waals surface area contributed by atoms with Crippen molar-refractivity contribution in [3.05, 3.63) is 45.5 Å². The Morgan fingerprint density at radius 2 is 2.15 bits per heavy atom. The molecule has 0 spiro atoms. The summed E-state index contributed by atoms with van der Waals surface area (Å²) in [5.41, 5.74) is 6.74. The van der Waals surface area contributed by atoms with E-state index in [-0.39, 0.29) is 0 Å². The lowest BCUT2D eigenvalue weighted by molar-refractivity contribution is -0.137. The van der Waals surface area contributed by atoms with Gasteiger partial charge in [0.1, 0.15) is 12.4 Å². The first-order valence-corrected chi connectivity index (χ1v) is 6.12. The predicted octanol–water partition coefficient (Wildman–Crippen LogP) is 1.54. The van der Waals surface area contributed by atoms with Crippen molar-refractivity contribution in [3.8, 4) is 11.3 Å². The minimum Gasteiger partial charge on any atom is -0.480 e. The van der Waals surface area contributed by atoms with Gasteiger partial charge in [-0.15, -0.1) is 0 Å². The van der Waals surface area contributed by atoms with E-state index in [0.717, 1.165) is 4.57 Å². The number of nitrogens with two attached hydrogens (primary N) is 1. The number of aliphatic carboxylic acids is 1. The summed E-state index contributed by atoms with van der Waals surface area (Å²) in [6.07, 6.45) is 0. The molecule has 1 aromatic heterocycles. The van der Waals surface area contributed by atoms with Gasteiger partial charge in [0, 0.05) is 22.3 Å². The number of nitrogen functional groups attached to an aromatic ring is 1. The lowest BCUT2D eigenvalue weighted by Gasteiger charge is -2.10.